The maximum Gasteiger partial charge on any atom is 0.0715 e. The summed E-state index contributed by atoms with van der Waals surface area (Å²) in [6.07, 6.45) is 9.65. The molecular weight excluding hydrogens is 188 g/mol. The average Bonchev–Trinajstić information content (AvgIpc) is 2.83. The van der Waals surface area contributed by atoms with Gasteiger partial charge in [-0.25, -0.2) is 0 Å². The van der Waals surface area contributed by atoms with E-state index in [1.165, 1.54) is 44.2 Å². The normalized spacial score (nSPS) is 22.5. The van der Waals surface area contributed by atoms with Gasteiger partial charge < -0.3 is 5.11 Å². The van der Waals surface area contributed by atoms with Gasteiger partial charge in [-0.1, -0.05) is 12.8 Å². The predicted molar refractivity (Wildman–Crippen MR) is 57.6 cm³/mol. The summed E-state index contributed by atoms with van der Waals surface area (Å²) in [5.74, 6) is 0.690. The van der Waals surface area contributed by atoms with Crippen LogP contribution in [0.15, 0.2) is 6.20 Å². The van der Waals surface area contributed by atoms with Gasteiger partial charge in [0.05, 0.1) is 18.8 Å². The monoisotopic (exact) mass is 206 g/mol. The van der Waals surface area contributed by atoms with Crippen molar-refractivity contribution in [3.8, 4) is 0 Å². The molecule has 2 aliphatic carbocycles. The first-order valence-corrected chi connectivity index (χ1v) is 6.07. The zero-order valence-electron chi connectivity index (χ0n) is 9.02. The molecule has 2 saturated carbocycles. The van der Waals surface area contributed by atoms with Crippen LogP contribution in [0.3, 0.4) is 0 Å². The number of aliphatic hydroxyl groups excluding tert-OH is 1. The van der Waals surface area contributed by atoms with E-state index in [1.54, 1.807) is 0 Å². The van der Waals surface area contributed by atoms with Gasteiger partial charge in [0.1, 0.15) is 0 Å². The Balaban J connectivity index is 1.94. The van der Waals surface area contributed by atoms with Crippen LogP contribution in [0.4, 0.5) is 0 Å². The zero-order chi connectivity index (χ0) is 10.3. The molecule has 2 fully saturated rings. The van der Waals surface area contributed by atoms with E-state index in [-0.39, 0.29) is 6.61 Å². The van der Waals surface area contributed by atoms with Crippen molar-refractivity contribution in [1.82, 2.24) is 9.78 Å². The van der Waals surface area contributed by atoms with Crippen LogP contribution in [0.1, 0.15) is 61.7 Å². The van der Waals surface area contributed by atoms with Gasteiger partial charge in [-0.3, -0.25) is 4.68 Å². The molecule has 1 N–H and O–H groups in total. The van der Waals surface area contributed by atoms with Crippen LogP contribution in [0.5, 0.6) is 0 Å². The lowest BCUT2D eigenvalue weighted by atomic mass is 10.1. The third kappa shape index (κ3) is 1.59. The molecule has 2 aliphatic rings. The minimum atomic E-state index is 0.151. The van der Waals surface area contributed by atoms with Gasteiger partial charge in [0.15, 0.2) is 0 Å². The first kappa shape index (κ1) is 9.40. The lowest BCUT2D eigenvalue weighted by Gasteiger charge is -2.14. The number of aliphatic hydroxyl groups is 1. The first-order chi connectivity index (χ1) is 7.40. The maximum absolute atomic E-state index is 9.30. The van der Waals surface area contributed by atoms with Crippen molar-refractivity contribution in [3.63, 3.8) is 0 Å². The highest BCUT2D eigenvalue weighted by atomic mass is 16.3. The Morgan fingerprint density at radius 3 is 2.60 bits per heavy atom. The molecule has 1 aromatic rings. The molecule has 1 heterocycles. The highest BCUT2D eigenvalue weighted by molar-refractivity contribution is 5.25. The predicted octanol–water partition coefficient (Wildman–Crippen LogP) is 2.37. The van der Waals surface area contributed by atoms with Crippen LogP contribution < -0.4 is 0 Å². The van der Waals surface area contributed by atoms with Gasteiger partial charge >= 0.3 is 0 Å². The molecule has 3 rings (SSSR count). The summed E-state index contributed by atoms with van der Waals surface area (Å²) in [4.78, 5) is 0. The van der Waals surface area contributed by atoms with Crippen molar-refractivity contribution in [2.75, 3.05) is 0 Å². The van der Waals surface area contributed by atoms with Gasteiger partial charge in [-0.05, 0) is 25.7 Å². The fraction of sp³-hybridized carbons (Fsp3) is 0.750. The van der Waals surface area contributed by atoms with Gasteiger partial charge in [0, 0.05) is 17.2 Å². The van der Waals surface area contributed by atoms with Gasteiger partial charge in [-0.15, -0.1) is 0 Å². The minimum Gasteiger partial charge on any atom is -0.392 e. The van der Waals surface area contributed by atoms with E-state index in [0.717, 1.165) is 5.56 Å². The Morgan fingerprint density at radius 2 is 2.00 bits per heavy atom. The fourth-order valence-electron chi connectivity index (χ4n) is 2.78. The topological polar surface area (TPSA) is 38.1 Å². The maximum atomic E-state index is 9.30. The summed E-state index contributed by atoms with van der Waals surface area (Å²) < 4.78 is 2.22. The molecule has 15 heavy (non-hydrogen) atoms. The van der Waals surface area contributed by atoms with E-state index >= 15 is 0 Å². The quantitative estimate of drug-likeness (QED) is 0.824. The molecule has 3 heteroatoms. The highest BCUT2D eigenvalue weighted by Gasteiger charge is 2.32. The highest BCUT2D eigenvalue weighted by Crippen LogP contribution is 2.44. The van der Waals surface area contributed by atoms with E-state index in [0.29, 0.717) is 12.0 Å². The van der Waals surface area contributed by atoms with Crippen LogP contribution in [0.25, 0.3) is 0 Å². The van der Waals surface area contributed by atoms with Crippen molar-refractivity contribution in [3.05, 3.63) is 17.5 Å². The Morgan fingerprint density at radius 1 is 1.27 bits per heavy atom. The van der Waals surface area contributed by atoms with E-state index in [4.69, 9.17) is 0 Å². The first-order valence-electron chi connectivity index (χ1n) is 6.07. The van der Waals surface area contributed by atoms with Crippen molar-refractivity contribution < 1.29 is 5.11 Å². The molecular formula is C12H18N2O. The second-order valence-corrected chi connectivity index (χ2v) is 4.87. The molecule has 0 atom stereocenters. The van der Waals surface area contributed by atoms with E-state index in [9.17, 15) is 5.11 Å². The van der Waals surface area contributed by atoms with Crippen molar-refractivity contribution in [2.24, 2.45) is 0 Å². The number of rotatable bonds is 3. The van der Waals surface area contributed by atoms with Crippen LogP contribution in [0.2, 0.25) is 0 Å². The van der Waals surface area contributed by atoms with Gasteiger partial charge in [0.2, 0.25) is 0 Å². The second-order valence-electron chi connectivity index (χ2n) is 4.87. The molecule has 0 radical (unpaired) electrons. The smallest absolute Gasteiger partial charge is 0.0715 e. The summed E-state index contributed by atoms with van der Waals surface area (Å²) >= 11 is 0. The number of nitrogens with zero attached hydrogens (tertiary/aromatic N) is 2. The van der Waals surface area contributed by atoms with E-state index in [2.05, 4.69) is 9.78 Å². The minimum absolute atomic E-state index is 0.151. The summed E-state index contributed by atoms with van der Waals surface area (Å²) in [7, 11) is 0. The molecule has 82 valence electrons. The summed E-state index contributed by atoms with van der Waals surface area (Å²) in [6.45, 7) is 0.151. The third-order valence-electron chi connectivity index (χ3n) is 3.72. The van der Waals surface area contributed by atoms with Crippen LogP contribution in [-0.2, 0) is 6.61 Å². The standard InChI is InChI=1S/C12H18N2O/c15-8-10-7-13-14(11-3-1-2-4-11)12(10)9-5-6-9/h7,9,11,15H,1-6,8H2. The lowest BCUT2D eigenvalue weighted by molar-refractivity contribution is 0.280. The Bertz CT molecular complexity index is 349. The largest absolute Gasteiger partial charge is 0.392 e. The van der Waals surface area contributed by atoms with Crippen LogP contribution in [0, 0.1) is 0 Å². The molecule has 0 saturated heterocycles. The SMILES string of the molecule is OCc1cnn(C2CCCC2)c1C1CC1. The van der Waals surface area contributed by atoms with Gasteiger partial charge in [-0.2, -0.15) is 5.10 Å². The third-order valence-corrected chi connectivity index (χ3v) is 3.72. The molecule has 0 unspecified atom stereocenters. The van der Waals surface area contributed by atoms with E-state index < -0.39 is 0 Å². The van der Waals surface area contributed by atoms with Crippen molar-refractivity contribution in [1.29, 1.82) is 0 Å². The average molecular weight is 206 g/mol. The molecule has 0 amide bonds. The Labute approximate surface area is 90.1 Å². The molecule has 0 aromatic carbocycles. The molecule has 3 nitrogen and oxygen atoms in total. The lowest BCUT2D eigenvalue weighted by Crippen LogP contribution is -2.10. The summed E-state index contributed by atoms with van der Waals surface area (Å²) in [5.41, 5.74) is 2.40. The fourth-order valence-corrected chi connectivity index (χ4v) is 2.78. The number of hydrogen-bond donors (Lipinski definition) is 1. The van der Waals surface area contributed by atoms with Crippen LogP contribution in [-0.4, -0.2) is 14.9 Å². The molecule has 0 bridgehead atoms. The second kappa shape index (κ2) is 3.63. The Hall–Kier alpha value is -0.830. The summed E-state index contributed by atoms with van der Waals surface area (Å²) in [6, 6.07) is 0.612. The molecule has 0 spiro atoms. The van der Waals surface area contributed by atoms with Crippen molar-refractivity contribution in [2.45, 2.75) is 57.1 Å². The molecule has 0 aliphatic heterocycles. The van der Waals surface area contributed by atoms with Crippen LogP contribution >= 0.6 is 0 Å². The summed E-state index contributed by atoms with van der Waals surface area (Å²) in [5, 5.41) is 13.8. The number of aromatic nitrogens is 2. The van der Waals surface area contributed by atoms with Crippen molar-refractivity contribution >= 4 is 0 Å². The Kier molecular flexibility index (Phi) is 2.28. The molecule has 1 aromatic heterocycles. The zero-order valence-corrected chi connectivity index (χ0v) is 9.02. The van der Waals surface area contributed by atoms with Gasteiger partial charge in [0.25, 0.3) is 0 Å². The number of hydrogen-bond acceptors (Lipinski definition) is 2. The van der Waals surface area contributed by atoms with E-state index in [1.807, 2.05) is 6.20 Å².